The second-order valence-electron chi connectivity index (χ2n) is 6.49. The molecule has 5 nitrogen and oxygen atoms in total. The van der Waals surface area contributed by atoms with Crippen LogP contribution in [-0.4, -0.2) is 29.0 Å². The molecule has 1 unspecified atom stereocenters. The lowest BCUT2D eigenvalue weighted by Gasteiger charge is -2.38. The van der Waals surface area contributed by atoms with E-state index in [9.17, 15) is 9.59 Å². The number of hydrogen-bond acceptors (Lipinski definition) is 3. The zero-order valence-corrected chi connectivity index (χ0v) is 14.9. The SMILES string of the molecule is O=C1CCC(C(=O)N2CCc3ccccc3C2c2ccc(Cl)cc2)=NN1. The summed E-state index contributed by atoms with van der Waals surface area (Å²) in [4.78, 5) is 26.3. The number of amides is 2. The smallest absolute Gasteiger partial charge is 0.270 e. The molecule has 2 aromatic carbocycles. The third kappa shape index (κ3) is 3.10. The van der Waals surface area contributed by atoms with Gasteiger partial charge >= 0.3 is 0 Å². The van der Waals surface area contributed by atoms with Crippen molar-refractivity contribution in [2.24, 2.45) is 5.10 Å². The Kier molecular flexibility index (Phi) is 4.47. The Morgan fingerprint density at radius 2 is 1.85 bits per heavy atom. The van der Waals surface area contributed by atoms with Crippen LogP contribution >= 0.6 is 11.6 Å². The second kappa shape index (κ2) is 6.92. The van der Waals surface area contributed by atoms with Crippen molar-refractivity contribution in [2.45, 2.75) is 25.3 Å². The van der Waals surface area contributed by atoms with Gasteiger partial charge in [-0.3, -0.25) is 9.59 Å². The summed E-state index contributed by atoms with van der Waals surface area (Å²) in [5.74, 6) is -0.278. The Bertz CT molecular complexity index is 892. The fraction of sp³-hybridized carbons (Fsp3) is 0.250. The number of carbonyl (C=O) groups excluding carboxylic acids is 2. The van der Waals surface area contributed by atoms with E-state index in [0.717, 1.165) is 17.5 Å². The first-order valence-electron chi connectivity index (χ1n) is 8.63. The van der Waals surface area contributed by atoms with E-state index in [-0.39, 0.29) is 17.9 Å². The summed E-state index contributed by atoms with van der Waals surface area (Å²) in [6, 6.07) is 15.6. The van der Waals surface area contributed by atoms with Crippen molar-refractivity contribution in [3.8, 4) is 0 Å². The van der Waals surface area contributed by atoms with Crippen molar-refractivity contribution < 1.29 is 9.59 Å². The molecule has 1 N–H and O–H groups in total. The van der Waals surface area contributed by atoms with Crippen molar-refractivity contribution in [2.75, 3.05) is 6.54 Å². The fourth-order valence-electron chi connectivity index (χ4n) is 3.58. The molecule has 0 bridgehead atoms. The molecule has 6 heteroatoms. The highest BCUT2D eigenvalue weighted by Gasteiger charge is 2.34. The molecule has 0 saturated heterocycles. The highest BCUT2D eigenvalue weighted by Crippen LogP contribution is 2.36. The monoisotopic (exact) mass is 367 g/mol. The van der Waals surface area contributed by atoms with E-state index in [2.05, 4.69) is 22.7 Å². The van der Waals surface area contributed by atoms with E-state index >= 15 is 0 Å². The molecule has 2 aliphatic heterocycles. The van der Waals surface area contributed by atoms with Crippen LogP contribution in [0.4, 0.5) is 0 Å². The van der Waals surface area contributed by atoms with E-state index in [0.29, 0.717) is 30.1 Å². The molecular weight excluding hydrogens is 350 g/mol. The zero-order valence-electron chi connectivity index (χ0n) is 14.1. The van der Waals surface area contributed by atoms with E-state index in [1.54, 1.807) is 0 Å². The summed E-state index contributed by atoms with van der Waals surface area (Å²) in [5, 5.41) is 4.65. The lowest BCUT2D eigenvalue weighted by Crippen LogP contribution is -2.45. The van der Waals surface area contributed by atoms with Crippen LogP contribution in [0.5, 0.6) is 0 Å². The van der Waals surface area contributed by atoms with Crippen LogP contribution in [0.3, 0.4) is 0 Å². The summed E-state index contributed by atoms with van der Waals surface area (Å²) in [5.41, 5.74) is 6.20. The quantitative estimate of drug-likeness (QED) is 0.886. The third-order valence-electron chi connectivity index (χ3n) is 4.88. The molecule has 0 spiro atoms. The highest BCUT2D eigenvalue weighted by molar-refractivity contribution is 6.39. The zero-order chi connectivity index (χ0) is 18.1. The van der Waals surface area contributed by atoms with Crippen LogP contribution in [0, 0.1) is 0 Å². The minimum Gasteiger partial charge on any atom is -0.326 e. The van der Waals surface area contributed by atoms with Crippen molar-refractivity contribution in [1.29, 1.82) is 0 Å². The first-order valence-corrected chi connectivity index (χ1v) is 9.01. The minimum absolute atomic E-state index is 0.126. The van der Waals surface area contributed by atoms with E-state index in [1.165, 1.54) is 5.56 Å². The Hall–Kier alpha value is -2.66. The molecule has 0 fully saturated rings. The van der Waals surface area contributed by atoms with Gasteiger partial charge in [-0.05, 0) is 35.2 Å². The second-order valence-corrected chi connectivity index (χ2v) is 6.93. The average molecular weight is 368 g/mol. The van der Waals surface area contributed by atoms with Gasteiger partial charge in [-0.1, -0.05) is 48.0 Å². The molecule has 1 atom stereocenters. The normalized spacial score (nSPS) is 19.4. The predicted molar refractivity (Wildman–Crippen MR) is 100.0 cm³/mol. The number of hydrogen-bond donors (Lipinski definition) is 1. The number of nitrogens with one attached hydrogen (secondary N) is 1. The molecule has 2 aromatic rings. The van der Waals surface area contributed by atoms with Crippen molar-refractivity contribution in [3.05, 3.63) is 70.2 Å². The topological polar surface area (TPSA) is 61.8 Å². The number of carbonyl (C=O) groups is 2. The van der Waals surface area contributed by atoms with Crippen molar-refractivity contribution >= 4 is 29.1 Å². The first-order chi connectivity index (χ1) is 12.6. The Morgan fingerprint density at radius 3 is 2.58 bits per heavy atom. The summed E-state index contributed by atoms with van der Waals surface area (Å²) < 4.78 is 0. The number of rotatable bonds is 2. The van der Waals surface area contributed by atoms with Gasteiger partial charge < -0.3 is 4.90 Å². The Balaban J connectivity index is 1.74. The van der Waals surface area contributed by atoms with Crippen LogP contribution in [0.2, 0.25) is 5.02 Å². The van der Waals surface area contributed by atoms with Gasteiger partial charge in [-0.15, -0.1) is 0 Å². The van der Waals surface area contributed by atoms with Crippen LogP contribution in [0.1, 0.15) is 35.6 Å². The van der Waals surface area contributed by atoms with E-state index in [4.69, 9.17) is 11.6 Å². The van der Waals surface area contributed by atoms with Crippen molar-refractivity contribution in [1.82, 2.24) is 10.3 Å². The largest absolute Gasteiger partial charge is 0.326 e. The summed E-state index contributed by atoms with van der Waals surface area (Å²) in [7, 11) is 0. The Morgan fingerprint density at radius 1 is 1.08 bits per heavy atom. The highest BCUT2D eigenvalue weighted by atomic mass is 35.5. The number of nitrogens with zero attached hydrogens (tertiary/aromatic N) is 2. The van der Waals surface area contributed by atoms with Gasteiger partial charge in [0.05, 0.1) is 6.04 Å². The van der Waals surface area contributed by atoms with Crippen LogP contribution in [-0.2, 0) is 16.0 Å². The Labute approximate surface area is 156 Å². The molecule has 0 radical (unpaired) electrons. The van der Waals surface area contributed by atoms with Gasteiger partial charge in [-0.2, -0.15) is 5.10 Å². The van der Waals surface area contributed by atoms with Gasteiger partial charge in [0.2, 0.25) is 5.91 Å². The lowest BCUT2D eigenvalue weighted by molar-refractivity contribution is -0.126. The maximum atomic E-state index is 13.1. The number of halogens is 1. The summed E-state index contributed by atoms with van der Waals surface area (Å²) in [6.07, 6.45) is 1.46. The molecule has 4 rings (SSSR count). The van der Waals surface area contributed by atoms with Crippen LogP contribution < -0.4 is 5.43 Å². The first kappa shape index (κ1) is 16.8. The van der Waals surface area contributed by atoms with E-state index in [1.807, 2.05) is 41.3 Å². The number of benzene rings is 2. The number of fused-ring (bicyclic) bond motifs is 1. The molecule has 0 aliphatic carbocycles. The molecule has 0 saturated carbocycles. The predicted octanol–water partition coefficient (Wildman–Crippen LogP) is 3.08. The third-order valence-corrected chi connectivity index (χ3v) is 5.13. The standard InChI is InChI=1S/C20H18ClN3O2/c21-15-7-5-14(6-8-15)19-16-4-2-1-3-13(16)11-12-24(19)20(26)17-9-10-18(25)23-22-17/h1-8,19H,9-12H2,(H,23,25). The van der Waals surface area contributed by atoms with Gasteiger partial charge in [0.15, 0.2) is 0 Å². The van der Waals surface area contributed by atoms with Gasteiger partial charge in [0.25, 0.3) is 5.91 Å². The number of hydrazone groups is 1. The minimum atomic E-state index is -0.190. The van der Waals surface area contributed by atoms with Gasteiger partial charge in [0.1, 0.15) is 5.71 Å². The van der Waals surface area contributed by atoms with Crippen LogP contribution in [0.15, 0.2) is 53.6 Å². The molecule has 132 valence electrons. The maximum absolute atomic E-state index is 13.1. The van der Waals surface area contributed by atoms with E-state index < -0.39 is 0 Å². The van der Waals surface area contributed by atoms with Gasteiger partial charge in [0, 0.05) is 24.4 Å². The van der Waals surface area contributed by atoms with Crippen LogP contribution in [0.25, 0.3) is 0 Å². The molecule has 2 heterocycles. The average Bonchev–Trinajstić information content (AvgIpc) is 2.68. The summed E-state index contributed by atoms with van der Waals surface area (Å²) in [6.45, 7) is 0.607. The maximum Gasteiger partial charge on any atom is 0.270 e. The molecular formula is C20H18ClN3O2. The summed E-state index contributed by atoms with van der Waals surface area (Å²) >= 11 is 6.05. The molecule has 2 aliphatic rings. The lowest BCUT2D eigenvalue weighted by atomic mass is 9.87. The van der Waals surface area contributed by atoms with Crippen molar-refractivity contribution in [3.63, 3.8) is 0 Å². The molecule has 26 heavy (non-hydrogen) atoms. The van der Waals surface area contributed by atoms with Gasteiger partial charge in [-0.25, -0.2) is 5.43 Å². The molecule has 2 amide bonds. The molecule has 0 aromatic heterocycles. The fourth-order valence-corrected chi connectivity index (χ4v) is 3.71.